The molecule has 1 saturated heterocycles. The summed E-state index contributed by atoms with van der Waals surface area (Å²) < 4.78 is 1.69. The van der Waals surface area contributed by atoms with Crippen molar-refractivity contribution in [2.75, 3.05) is 13.1 Å². The van der Waals surface area contributed by atoms with E-state index >= 15 is 0 Å². The van der Waals surface area contributed by atoms with Crippen LogP contribution in [0.5, 0.6) is 0 Å². The van der Waals surface area contributed by atoms with Gasteiger partial charge in [-0.05, 0) is 13.8 Å². The molecule has 1 aromatic rings. The number of aromatic nitrogens is 3. The third kappa shape index (κ3) is 3.03. The quantitative estimate of drug-likeness (QED) is 0.796. The molecular weight excluding hydrogens is 218 g/mol. The summed E-state index contributed by atoms with van der Waals surface area (Å²) in [4.78, 5) is 17.9. The van der Waals surface area contributed by atoms with Crippen LogP contribution in [0.4, 0.5) is 0 Å². The molecule has 2 rings (SSSR count). The fourth-order valence-corrected chi connectivity index (χ4v) is 2.07. The van der Waals surface area contributed by atoms with Crippen LogP contribution in [0.15, 0.2) is 12.7 Å². The number of piperazine rings is 1. The molecule has 0 spiro atoms. The van der Waals surface area contributed by atoms with E-state index in [1.54, 1.807) is 11.0 Å². The Morgan fingerprint density at radius 2 is 2.35 bits per heavy atom. The maximum absolute atomic E-state index is 12.1. The topological polar surface area (TPSA) is 63.1 Å². The third-order valence-corrected chi connectivity index (χ3v) is 3.11. The Labute approximate surface area is 101 Å². The minimum Gasteiger partial charge on any atom is -0.337 e. The summed E-state index contributed by atoms with van der Waals surface area (Å²) in [7, 11) is 0. The molecule has 2 heterocycles. The van der Waals surface area contributed by atoms with Crippen molar-refractivity contribution >= 4 is 5.91 Å². The highest BCUT2D eigenvalue weighted by molar-refractivity contribution is 5.76. The number of hydrogen-bond donors (Lipinski definition) is 1. The van der Waals surface area contributed by atoms with Crippen molar-refractivity contribution in [3.05, 3.63) is 12.7 Å². The molecule has 0 saturated carbocycles. The second kappa shape index (κ2) is 5.27. The summed E-state index contributed by atoms with van der Waals surface area (Å²) >= 11 is 0. The van der Waals surface area contributed by atoms with Gasteiger partial charge >= 0.3 is 0 Å². The van der Waals surface area contributed by atoms with Crippen molar-refractivity contribution in [2.45, 2.75) is 38.9 Å². The lowest BCUT2D eigenvalue weighted by atomic mass is 10.1. The third-order valence-electron chi connectivity index (χ3n) is 3.11. The van der Waals surface area contributed by atoms with Crippen LogP contribution in [0, 0.1) is 0 Å². The number of hydrogen-bond acceptors (Lipinski definition) is 4. The molecule has 1 aromatic heterocycles. The number of nitrogens with one attached hydrogen (secondary N) is 1. The Bertz CT molecular complexity index is 364. The van der Waals surface area contributed by atoms with E-state index in [1.165, 1.54) is 6.33 Å². The first kappa shape index (κ1) is 12.0. The zero-order chi connectivity index (χ0) is 12.3. The Hall–Kier alpha value is -1.43. The smallest absolute Gasteiger partial charge is 0.224 e. The number of nitrogens with zero attached hydrogens (tertiary/aromatic N) is 4. The Morgan fingerprint density at radius 3 is 3.06 bits per heavy atom. The molecule has 0 radical (unpaired) electrons. The van der Waals surface area contributed by atoms with Crippen molar-refractivity contribution in [2.24, 2.45) is 0 Å². The first-order valence-corrected chi connectivity index (χ1v) is 6.02. The van der Waals surface area contributed by atoms with Gasteiger partial charge in [0.15, 0.2) is 0 Å². The predicted octanol–water partition coefficient (Wildman–Crippen LogP) is -0.123. The van der Waals surface area contributed by atoms with E-state index in [0.717, 1.165) is 13.1 Å². The summed E-state index contributed by atoms with van der Waals surface area (Å²) in [6.45, 7) is 6.44. The molecule has 94 valence electrons. The van der Waals surface area contributed by atoms with Gasteiger partial charge in [-0.15, -0.1) is 0 Å². The first-order valence-electron chi connectivity index (χ1n) is 6.02. The lowest BCUT2D eigenvalue weighted by Gasteiger charge is -2.37. The van der Waals surface area contributed by atoms with Crippen LogP contribution in [0.3, 0.4) is 0 Å². The van der Waals surface area contributed by atoms with E-state index in [0.29, 0.717) is 19.0 Å². The van der Waals surface area contributed by atoms with Crippen LogP contribution in [-0.2, 0) is 11.3 Å². The normalized spacial score (nSPS) is 24.9. The summed E-state index contributed by atoms with van der Waals surface area (Å²) in [6.07, 6.45) is 3.61. The monoisotopic (exact) mass is 237 g/mol. The number of rotatable bonds is 3. The van der Waals surface area contributed by atoms with Gasteiger partial charge in [0.25, 0.3) is 0 Å². The molecule has 0 bridgehead atoms. The van der Waals surface area contributed by atoms with Gasteiger partial charge < -0.3 is 10.2 Å². The summed E-state index contributed by atoms with van der Waals surface area (Å²) in [6, 6.07) is 0.649. The lowest BCUT2D eigenvalue weighted by molar-refractivity contribution is -0.134. The minimum absolute atomic E-state index is 0.196. The van der Waals surface area contributed by atoms with E-state index in [1.807, 2.05) is 4.90 Å². The number of carbonyl (C=O) groups is 1. The Kier molecular flexibility index (Phi) is 3.73. The van der Waals surface area contributed by atoms with E-state index in [4.69, 9.17) is 0 Å². The average Bonchev–Trinajstić information content (AvgIpc) is 2.82. The van der Waals surface area contributed by atoms with Crippen molar-refractivity contribution in [1.82, 2.24) is 25.0 Å². The van der Waals surface area contributed by atoms with E-state index in [-0.39, 0.29) is 11.9 Å². The fourth-order valence-electron chi connectivity index (χ4n) is 2.07. The molecule has 1 aliphatic rings. The van der Waals surface area contributed by atoms with Gasteiger partial charge in [0.1, 0.15) is 12.7 Å². The average molecular weight is 237 g/mol. The molecule has 1 N–H and O–H groups in total. The largest absolute Gasteiger partial charge is 0.337 e. The van der Waals surface area contributed by atoms with Crippen molar-refractivity contribution in [3.63, 3.8) is 0 Å². The molecule has 1 amide bonds. The van der Waals surface area contributed by atoms with Crippen molar-refractivity contribution in [3.8, 4) is 0 Å². The van der Waals surface area contributed by atoms with Gasteiger partial charge in [-0.25, -0.2) is 4.98 Å². The van der Waals surface area contributed by atoms with Gasteiger partial charge in [0, 0.05) is 31.6 Å². The summed E-state index contributed by atoms with van der Waals surface area (Å²) in [5.41, 5.74) is 0. The summed E-state index contributed by atoms with van der Waals surface area (Å²) in [5, 5.41) is 7.35. The van der Waals surface area contributed by atoms with Crippen LogP contribution in [0.2, 0.25) is 0 Å². The van der Waals surface area contributed by atoms with E-state index < -0.39 is 0 Å². The van der Waals surface area contributed by atoms with E-state index in [2.05, 4.69) is 29.2 Å². The Morgan fingerprint density at radius 1 is 1.53 bits per heavy atom. The standard InChI is InChI=1S/C11H19N5O/c1-9-6-16(10(2)5-13-9)11(17)3-4-15-8-12-7-14-15/h7-10,13H,3-6H2,1-2H3. The number of aryl methyl sites for hydroxylation is 1. The highest BCUT2D eigenvalue weighted by Crippen LogP contribution is 2.08. The molecule has 1 fully saturated rings. The van der Waals surface area contributed by atoms with Crippen LogP contribution in [0.25, 0.3) is 0 Å². The fraction of sp³-hybridized carbons (Fsp3) is 0.727. The van der Waals surface area contributed by atoms with Crippen LogP contribution in [-0.4, -0.2) is 50.7 Å². The van der Waals surface area contributed by atoms with Gasteiger partial charge in [-0.2, -0.15) is 5.10 Å². The first-order chi connectivity index (χ1) is 8.16. The molecule has 17 heavy (non-hydrogen) atoms. The SMILES string of the molecule is CC1CN(C(=O)CCn2cncn2)C(C)CN1. The molecule has 0 aliphatic carbocycles. The second-order valence-electron chi connectivity index (χ2n) is 4.61. The van der Waals surface area contributed by atoms with Gasteiger partial charge in [0.05, 0.1) is 6.54 Å². The number of amides is 1. The molecular formula is C11H19N5O. The molecule has 2 unspecified atom stereocenters. The van der Waals surface area contributed by atoms with Crippen molar-refractivity contribution < 1.29 is 4.79 Å². The van der Waals surface area contributed by atoms with Crippen LogP contribution < -0.4 is 5.32 Å². The maximum Gasteiger partial charge on any atom is 0.224 e. The highest BCUT2D eigenvalue weighted by atomic mass is 16.2. The van der Waals surface area contributed by atoms with Crippen LogP contribution >= 0.6 is 0 Å². The van der Waals surface area contributed by atoms with Crippen LogP contribution in [0.1, 0.15) is 20.3 Å². The Balaban J connectivity index is 1.86. The zero-order valence-corrected chi connectivity index (χ0v) is 10.3. The number of carbonyl (C=O) groups excluding carboxylic acids is 1. The minimum atomic E-state index is 0.196. The van der Waals surface area contributed by atoms with E-state index in [9.17, 15) is 4.79 Å². The van der Waals surface area contributed by atoms with Crippen molar-refractivity contribution in [1.29, 1.82) is 0 Å². The molecule has 2 atom stereocenters. The molecule has 6 heteroatoms. The zero-order valence-electron chi connectivity index (χ0n) is 10.3. The van der Waals surface area contributed by atoms with Gasteiger partial charge in [-0.3, -0.25) is 9.48 Å². The molecule has 1 aliphatic heterocycles. The maximum atomic E-state index is 12.1. The molecule has 6 nitrogen and oxygen atoms in total. The van der Waals surface area contributed by atoms with Gasteiger partial charge in [-0.1, -0.05) is 0 Å². The second-order valence-corrected chi connectivity index (χ2v) is 4.61. The summed E-state index contributed by atoms with van der Waals surface area (Å²) in [5.74, 6) is 0.196. The molecule has 0 aromatic carbocycles. The van der Waals surface area contributed by atoms with Gasteiger partial charge in [0.2, 0.25) is 5.91 Å². The lowest BCUT2D eigenvalue weighted by Crippen LogP contribution is -2.56. The predicted molar refractivity (Wildman–Crippen MR) is 63.3 cm³/mol. The highest BCUT2D eigenvalue weighted by Gasteiger charge is 2.25.